The van der Waals surface area contributed by atoms with E-state index in [2.05, 4.69) is 41.7 Å². The Balaban J connectivity index is 1.45. The molecule has 3 heteroatoms. The summed E-state index contributed by atoms with van der Waals surface area (Å²) in [5.74, 6) is 1.73. The van der Waals surface area contributed by atoms with Crippen LogP contribution in [-0.4, -0.2) is 18.7 Å². The molecule has 3 atom stereocenters. The molecule has 0 amide bonds. The van der Waals surface area contributed by atoms with Gasteiger partial charge in [0.05, 0.1) is 11.6 Å². The number of nitrogens with zero attached hydrogens (tertiary/aromatic N) is 1. The Morgan fingerprint density at radius 2 is 1.48 bits per heavy atom. The Kier molecular flexibility index (Phi) is 9.25. The van der Waals surface area contributed by atoms with Crippen LogP contribution in [0.4, 0.5) is 0 Å². The maximum Gasteiger partial charge on any atom is 0.120 e. The van der Waals surface area contributed by atoms with E-state index in [1.807, 2.05) is 18.2 Å². The van der Waals surface area contributed by atoms with Gasteiger partial charge in [0.25, 0.3) is 0 Å². The smallest absolute Gasteiger partial charge is 0.120 e. The highest BCUT2D eigenvalue weighted by Gasteiger charge is 2.27. The van der Waals surface area contributed by atoms with Crippen molar-refractivity contribution in [2.75, 3.05) is 6.54 Å². The van der Waals surface area contributed by atoms with Crippen LogP contribution in [0.1, 0.15) is 89.0 Å². The first kappa shape index (κ1) is 23.8. The lowest BCUT2D eigenvalue weighted by molar-refractivity contribution is 0.156. The normalized spacial score (nSPS) is 25.2. The Bertz CT molecular complexity index is 880. The molecule has 4 rings (SSSR count). The minimum atomic E-state index is 0.267. The molecule has 3 unspecified atom stereocenters. The van der Waals surface area contributed by atoms with E-state index in [1.165, 1.54) is 77.0 Å². The number of benzene rings is 2. The van der Waals surface area contributed by atoms with Gasteiger partial charge < -0.3 is 10.1 Å². The molecule has 1 heterocycles. The number of ether oxygens (including phenoxy) is 1. The van der Waals surface area contributed by atoms with E-state index in [4.69, 9.17) is 4.74 Å². The molecule has 0 aromatic heterocycles. The first-order valence-corrected chi connectivity index (χ1v) is 13.3. The van der Waals surface area contributed by atoms with Gasteiger partial charge in [0.1, 0.15) is 11.9 Å². The van der Waals surface area contributed by atoms with Crippen LogP contribution >= 0.6 is 0 Å². The van der Waals surface area contributed by atoms with Gasteiger partial charge in [-0.3, -0.25) is 0 Å². The van der Waals surface area contributed by atoms with Crippen molar-refractivity contribution in [3.63, 3.8) is 0 Å². The van der Waals surface area contributed by atoms with Gasteiger partial charge in [-0.05, 0) is 80.0 Å². The number of hydrogen-bond acceptors (Lipinski definition) is 3. The first-order chi connectivity index (χ1) is 16.3. The SMILES string of the molecule is N#Cc1cccc(-c2cccc(OC3CC4CCCCCCCCCCNC(CC4)C3)c2)c1. The van der Waals surface area contributed by atoms with E-state index < -0.39 is 0 Å². The Labute approximate surface area is 200 Å². The summed E-state index contributed by atoms with van der Waals surface area (Å²) < 4.78 is 6.65. The molecule has 2 aliphatic rings. The summed E-state index contributed by atoms with van der Waals surface area (Å²) in [6, 6.07) is 19.1. The quantitative estimate of drug-likeness (QED) is 0.529. The van der Waals surface area contributed by atoms with Crippen molar-refractivity contribution < 1.29 is 4.74 Å². The molecule has 33 heavy (non-hydrogen) atoms. The lowest BCUT2D eigenvalue weighted by Gasteiger charge is -2.24. The molecule has 0 spiro atoms. The Hall–Kier alpha value is -2.31. The summed E-state index contributed by atoms with van der Waals surface area (Å²) in [4.78, 5) is 0. The maximum absolute atomic E-state index is 9.25. The average molecular weight is 445 g/mol. The molecule has 2 bridgehead atoms. The summed E-state index contributed by atoms with van der Waals surface area (Å²) in [6.07, 6.45) is 17.6. The molecule has 0 radical (unpaired) electrons. The van der Waals surface area contributed by atoms with Crippen molar-refractivity contribution in [1.82, 2.24) is 5.32 Å². The second kappa shape index (κ2) is 12.8. The van der Waals surface area contributed by atoms with Crippen LogP contribution < -0.4 is 10.1 Å². The highest BCUT2D eigenvalue weighted by Crippen LogP contribution is 2.32. The molecule has 2 aromatic carbocycles. The summed E-state index contributed by atoms with van der Waals surface area (Å²) in [5, 5.41) is 13.1. The van der Waals surface area contributed by atoms with E-state index in [1.54, 1.807) is 0 Å². The fourth-order valence-electron chi connectivity index (χ4n) is 5.64. The zero-order valence-corrected chi connectivity index (χ0v) is 20.1. The zero-order valence-electron chi connectivity index (χ0n) is 20.1. The largest absolute Gasteiger partial charge is 0.490 e. The van der Waals surface area contributed by atoms with Crippen molar-refractivity contribution in [3.05, 3.63) is 54.1 Å². The molecule has 2 fully saturated rings. The first-order valence-electron chi connectivity index (χ1n) is 13.3. The van der Waals surface area contributed by atoms with E-state index in [9.17, 15) is 5.26 Å². The minimum Gasteiger partial charge on any atom is -0.490 e. The van der Waals surface area contributed by atoms with E-state index in [0.29, 0.717) is 11.6 Å². The van der Waals surface area contributed by atoms with Gasteiger partial charge in [-0.25, -0.2) is 0 Å². The Morgan fingerprint density at radius 3 is 2.30 bits per heavy atom. The molecule has 3 nitrogen and oxygen atoms in total. The van der Waals surface area contributed by atoms with Crippen molar-refractivity contribution in [1.29, 1.82) is 5.26 Å². The molecule has 1 aliphatic carbocycles. The van der Waals surface area contributed by atoms with Gasteiger partial charge in [0, 0.05) is 6.04 Å². The predicted molar refractivity (Wildman–Crippen MR) is 136 cm³/mol. The third-order valence-corrected chi connectivity index (χ3v) is 7.50. The van der Waals surface area contributed by atoms with Gasteiger partial charge >= 0.3 is 0 Å². The van der Waals surface area contributed by atoms with E-state index in [-0.39, 0.29) is 6.10 Å². The fourth-order valence-corrected chi connectivity index (χ4v) is 5.64. The number of fused-ring (bicyclic) bond motifs is 3. The van der Waals surface area contributed by atoms with Gasteiger partial charge in [-0.2, -0.15) is 5.26 Å². The van der Waals surface area contributed by atoms with E-state index >= 15 is 0 Å². The second-order valence-electron chi connectivity index (χ2n) is 10.1. The van der Waals surface area contributed by atoms with Crippen molar-refractivity contribution in [3.8, 4) is 22.9 Å². The predicted octanol–water partition coefficient (Wildman–Crippen LogP) is 7.65. The molecule has 1 N–H and O–H groups in total. The standard InChI is InChI=1S/C30H40N2O/c31-23-25-12-9-13-26(19-25)27-14-10-15-29(21-27)33-30-20-24-11-7-5-3-1-2-4-6-8-18-32-28(22-30)17-16-24/h9-10,12-15,19,21,24,28,30,32H,1-8,11,16-18,20,22H2. The van der Waals surface area contributed by atoms with Gasteiger partial charge in [-0.15, -0.1) is 0 Å². The van der Waals surface area contributed by atoms with Crippen LogP contribution in [-0.2, 0) is 0 Å². The lowest BCUT2D eigenvalue weighted by Crippen LogP contribution is -2.33. The molecule has 1 aliphatic heterocycles. The molecular formula is C30H40N2O. The van der Waals surface area contributed by atoms with Gasteiger partial charge in [-0.1, -0.05) is 75.6 Å². The summed E-state index contributed by atoms with van der Waals surface area (Å²) >= 11 is 0. The summed E-state index contributed by atoms with van der Waals surface area (Å²) in [6.45, 7) is 1.15. The third kappa shape index (κ3) is 7.61. The highest BCUT2D eigenvalue weighted by molar-refractivity contribution is 5.66. The number of rotatable bonds is 3. The lowest BCUT2D eigenvalue weighted by atomic mass is 9.92. The van der Waals surface area contributed by atoms with Gasteiger partial charge in [0.2, 0.25) is 0 Å². The molecule has 1 saturated heterocycles. The molecule has 1 saturated carbocycles. The van der Waals surface area contributed by atoms with Crippen molar-refractivity contribution in [2.45, 2.75) is 95.6 Å². The monoisotopic (exact) mass is 444 g/mol. The number of hydrogen-bond donors (Lipinski definition) is 1. The second-order valence-corrected chi connectivity index (χ2v) is 10.1. The zero-order chi connectivity index (χ0) is 22.7. The van der Waals surface area contributed by atoms with E-state index in [0.717, 1.165) is 35.8 Å². The minimum absolute atomic E-state index is 0.267. The number of nitriles is 1. The van der Waals surface area contributed by atoms with Crippen LogP contribution in [0.2, 0.25) is 0 Å². The topological polar surface area (TPSA) is 45.0 Å². The molecule has 2 aromatic rings. The third-order valence-electron chi connectivity index (χ3n) is 7.50. The maximum atomic E-state index is 9.25. The highest BCUT2D eigenvalue weighted by atomic mass is 16.5. The van der Waals surface area contributed by atoms with Gasteiger partial charge in [0.15, 0.2) is 0 Å². The van der Waals surface area contributed by atoms with Crippen LogP contribution in [0.25, 0.3) is 11.1 Å². The van der Waals surface area contributed by atoms with Crippen LogP contribution in [0.15, 0.2) is 48.5 Å². The molecular weight excluding hydrogens is 404 g/mol. The van der Waals surface area contributed by atoms with Crippen LogP contribution in [0.5, 0.6) is 5.75 Å². The van der Waals surface area contributed by atoms with Crippen molar-refractivity contribution in [2.24, 2.45) is 5.92 Å². The summed E-state index contributed by atoms with van der Waals surface area (Å²) in [5.41, 5.74) is 2.87. The fraction of sp³-hybridized carbons (Fsp3) is 0.567. The van der Waals surface area contributed by atoms with Crippen molar-refractivity contribution >= 4 is 0 Å². The van der Waals surface area contributed by atoms with Crippen LogP contribution in [0.3, 0.4) is 0 Å². The molecule has 176 valence electrons. The van der Waals surface area contributed by atoms with Crippen LogP contribution in [0, 0.1) is 17.2 Å². The number of nitrogens with one attached hydrogen (secondary N) is 1. The summed E-state index contributed by atoms with van der Waals surface area (Å²) in [7, 11) is 0. The Morgan fingerprint density at radius 1 is 0.758 bits per heavy atom. The average Bonchev–Trinajstić information content (AvgIpc) is 3.04.